The molecule has 0 spiro atoms. The van der Waals surface area contributed by atoms with Crippen LogP contribution in [0.25, 0.3) is 22.4 Å². The van der Waals surface area contributed by atoms with Crippen LogP contribution in [0.4, 0.5) is 14.5 Å². The molecule has 1 aliphatic rings. The largest absolute Gasteiger partial charge is 0.398 e. The lowest BCUT2D eigenvalue weighted by atomic mass is 10.1. The average molecular weight is 285 g/mol. The third-order valence-electron chi connectivity index (χ3n) is 3.82. The molecule has 0 bridgehead atoms. The minimum Gasteiger partial charge on any atom is -0.398 e. The van der Waals surface area contributed by atoms with Crippen molar-refractivity contribution in [3.05, 3.63) is 48.0 Å². The highest BCUT2D eigenvalue weighted by molar-refractivity contribution is 5.84. The summed E-state index contributed by atoms with van der Waals surface area (Å²) in [5.41, 5.74) is 8.43. The Morgan fingerprint density at radius 1 is 1.05 bits per heavy atom. The van der Waals surface area contributed by atoms with E-state index in [1.165, 1.54) is 24.3 Å². The van der Waals surface area contributed by atoms with E-state index in [-0.39, 0.29) is 11.6 Å². The van der Waals surface area contributed by atoms with Gasteiger partial charge in [0.2, 0.25) is 0 Å². The average Bonchev–Trinajstić information content (AvgIpc) is 3.20. The molecule has 0 saturated heterocycles. The molecule has 3 nitrogen and oxygen atoms in total. The predicted molar refractivity (Wildman–Crippen MR) is 77.8 cm³/mol. The Hall–Kier alpha value is -2.43. The topological polar surface area (TPSA) is 43.8 Å². The van der Waals surface area contributed by atoms with Gasteiger partial charge in [-0.3, -0.25) is 0 Å². The Bertz CT molecular complexity index is 850. The number of hydrogen-bond donors (Lipinski definition) is 1. The summed E-state index contributed by atoms with van der Waals surface area (Å²) in [6, 6.07) is 9.22. The number of rotatable bonds is 2. The number of nitrogens with zero attached hydrogens (tertiary/aromatic N) is 2. The lowest BCUT2D eigenvalue weighted by molar-refractivity contribution is 0.628. The minimum atomic E-state index is -0.378. The van der Waals surface area contributed by atoms with Crippen molar-refractivity contribution in [3.8, 4) is 11.4 Å². The van der Waals surface area contributed by atoms with Crippen LogP contribution in [0, 0.1) is 11.6 Å². The van der Waals surface area contributed by atoms with Crippen LogP contribution in [0.1, 0.15) is 18.9 Å². The Morgan fingerprint density at radius 3 is 2.48 bits per heavy atom. The first-order valence-corrected chi connectivity index (χ1v) is 6.86. The summed E-state index contributed by atoms with van der Waals surface area (Å²) in [7, 11) is 0. The number of aromatic nitrogens is 2. The normalized spacial score (nSPS) is 14.8. The number of fused-ring (bicyclic) bond motifs is 1. The number of benzene rings is 2. The zero-order valence-corrected chi connectivity index (χ0v) is 11.2. The molecule has 1 fully saturated rings. The van der Waals surface area contributed by atoms with Gasteiger partial charge < -0.3 is 10.3 Å². The predicted octanol–water partition coefficient (Wildman–Crippen LogP) is 3.90. The number of imidazole rings is 1. The SMILES string of the molecule is Nc1cc(F)ccc1-c1nc2cc(F)ccc2n1C1CC1. The quantitative estimate of drug-likeness (QED) is 0.726. The van der Waals surface area contributed by atoms with Crippen molar-refractivity contribution in [2.75, 3.05) is 5.73 Å². The highest BCUT2D eigenvalue weighted by Gasteiger charge is 2.29. The highest BCUT2D eigenvalue weighted by atomic mass is 19.1. The summed E-state index contributed by atoms with van der Waals surface area (Å²) in [6.07, 6.45) is 2.13. The molecule has 2 aromatic carbocycles. The van der Waals surface area contributed by atoms with Crippen LogP contribution in [-0.4, -0.2) is 9.55 Å². The first kappa shape index (κ1) is 12.3. The smallest absolute Gasteiger partial charge is 0.143 e. The molecule has 4 rings (SSSR count). The molecule has 0 radical (unpaired) electrons. The molecule has 1 heterocycles. The Morgan fingerprint density at radius 2 is 1.76 bits per heavy atom. The van der Waals surface area contributed by atoms with Gasteiger partial charge in [0.05, 0.1) is 11.0 Å². The van der Waals surface area contributed by atoms with Gasteiger partial charge in [0.15, 0.2) is 0 Å². The summed E-state index contributed by atoms with van der Waals surface area (Å²) >= 11 is 0. The van der Waals surface area contributed by atoms with Crippen molar-refractivity contribution < 1.29 is 8.78 Å². The fourth-order valence-corrected chi connectivity index (χ4v) is 2.70. The minimum absolute atomic E-state index is 0.318. The fraction of sp³-hybridized carbons (Fsp3) is 0.188. The van der Waals surface area contributed by atoms with E-state index < -0.39 is 0 Å². The van der Waals surface area contributed by atoms with Gasteiger partial charge in [-0.15, -0.1) is 0 Å². The van der Waals surface area contributed by atoms with Crippen molar-refractivity contribution in [3.63, 3.8) is 0 Å². The maximum Gasteiger partial charge on any atom is 0.143 e. The fourth-order valence-electron chi connectivity index (χ4n) is 2.70. The first-order chi connectivity index (χ1) is 10.1. The van der Waals surface area contributed by atoms with Crippen molar-refractivity contribution in [2.45, 2.75) is 18.9 Å². The molecule has 1 aromatic heterocycles. The van der Waals surface area contributed by atoms with Gasteiger partial charge in [-0.05, 0) is 43.2 Å². The van der Waals surface area contributed by atoms with Gasteiger partial charge in [-0.2, -0.15) is 0 Å². The number of hydrogen-bond acceptors (Lipinski definition) is 2. The van der Waals surface area contributed by atoms with E-state index in [0.29, 0.717) is 28.6 Å². The van der Waals surface area contributed by atoms with Crippen molar-refractivity contribution in [2.24, 2.45) is 0 Å². The Labute approximate surface area is 120 Å². The lowest BCUT2D eigenvalue weighted by Gasteiger charge is -2.09. The number of halogens is 2. The van der Waals surface area contributed by atoms with E-state index in [1.807, 2.05) is 0 Å². The van der Waals surface area contributed by atoms with Crippen LogP contribution in [0.3, 0.4) is 0 Å². The second-order valence-electron chi connectivity index (χ2n) is 5.40. The molecule has 1 aliphatic carbocycles. The van der Waals surface area contributed by atoms with Gasteiger partial charge in [-0.1, -0.05) is 0 Å². The second-order valence-corrected chi connectivity index (χ2v) is 5.40. The van der Waals surface area contributed by atoms with Crippen LogP contribution in [0.2, 0.25) is 0 Å². The molecule has 2 N–H and O–H groups in total. The number of nitrogen functional groups attached to an aromatic ring is 1. The maximum absolute atomic E-state index is 13.4. The first-order valence-electron chi connectivity index (χ1n) is 6.86. The number of nitrogens with two attached hydrogens (primary N) is 1. The maximum atomic E-state index is 13.4. The van der Waals surface area contributed by atoms with E-state index in [2.05, 4.69) is 9.55 Å². The molecular formula is C16H13F2N3. The van der Waals surface area contributed by atoms with Crippen LogP contribution < -0.4 is 5.73 Å². The Kier molecular flexibility index (Phi) is 2.51. The van der Waals surface area contributed by atoms with E-state index in [1.54, 1.807) is 12.1 Å². The van der Waals surface area contributed by atoms with Crippen molar-refractivity contribution >= 4 is 16.7 Å². The summed E-state index contributed by atoms with van der Waals surface area (Å²) < 4.78 is 28.7. The zero-order chi connectivity index (χ0) is 14.6. The number of anilines is 1. The monoisotopic (exact) mass is 285 g/mol. The van der Waals surface area contributed by atoms with Crippen LogP contribution in [0.15, 0.2) is 36.4 Å². The van der Waals surface area contributed by atoms with Crippen LogP contribution in [0.5, 0.6) is 0 Å². The summed E-state index contributed by atoms with van der Waals surface area (Å²) in [5.74, 6) is -0.0199. The summed E-state index contributed by atoms with van der Waals surface area (Å²) in [4.78, 5) is 4.52. The highest BCUT2D eigenvalue weighted by Crippen LogP contribution is 2.42. The van der Waals surface area contributed by atoms with E-state index in [0.717, 1.165) is 18.4 Å². The van der Waals surface area contributed by atoms with Crippen LogP contribution >= 0.6 is 0 Å². The third kappa shape index (κ3) is 1.96. The van der Waals surface area contributed by atoms with Gasteiger partial charge in [0.25, 0.3) is 0 Å². The van der Waals surface area contributed by atoms with Gasteiger partial charge in [-0.25, -0.2) is 13.8 Å². The van der Waals surface area contributed by atoms with Gasteiger partial charge in [0.1, 0.15) is 17.5 Å². The molecule has 0 atom stereocenters. The van der Waals surface area contributed by atoms with Gasteiger partial charge >= 0.3 is 0 Å². The molecule has 0 amide bonds. The molecule has 1 saturated carbocycles. The van der Waals surface area contributed by atoms with Gasteiger partial charge in [0, 0.05) is 23.4 Å². The second kappa shape index (κ2) is 4.28. The molecule has 0 unspecified atom stereocenters. The molecule has 3 aromatic rings. The van der Waals surface area contributed by atoms with Crippen molar-refractivity contribution in [1.29, 1.82) is 0 Å². The van der Waals surface area contributed by atoms with Crippen LogP contribution in [-0.2, 0) is 0 Å². The lowest BCUT2D eigenvalue weighted by Crippen LogP contribution is -2.00. The molecule has 21 heavy (non-hydrogen) atoms. The zero-order valence-electron chi connectivity index (χ0n) is 11.2. The molecular weight excluding hydrogens is 272 g/mol. The molecule has 106 valence electrons. The molecule has 5 heteroatoms. The summed E-state index contributed by atoms with van der Waals surface area (Å²) in [6.45, 7) is 0. The van der Waals surface area contributed by atoms with Crippen molar-refractivity contribution in [1.82, 2.24) is 9.55 Å². The van der Waals surface area contributed by atoms with E-state index in [9.17, 15) is 8.78 Å². The third-order valence-corrected chi connectivity index (χ3v) is 3.82. The summed E-state index contributed by atoms with van der Waals surface area (Å²) in [5, 5.41) is 0. The van der Waals surface area contributed by atoms with E-state index in [4.69, 9.17) is 5.73 Å². The van der Waals surface area contributed by atoms with E-state index >= 15 is 0 Å². The Balaban J connectivity index is 2.01. The molecule has 0 aliphatic heterocycles. The standard InChI is InChI=1S/C16H13F2N3/c17-9-1-5-12(13(19)7-9)16-20-14-8-10(18)2-6-15(14)21(16)11-3-4-11/h1-2,5-8,11H,3-4,19H2.